The van der Waals surface area contributed by atoms with Gasteiger partial charge in [-0.3, -0.25) is 4.79 Å². The largest absolute Gasteiger partial charge is 0.326 e. The zero-order valence-corrected chi connectivity index (χ0v) is 14.5. The standard InChI is InChI=1S/C18H27N3O.ClH/c22-18(16-6-9-19-10-7-16)20-17-5-3-4-15(14-17)8-13-21-11-1-2-12-21;/h3-5,14,16,19H,1-2,6-13H2,(H,20,22);1H. The molecule has 1 aromatic carbocycles. The molecule has 5 heteroatoms. The molecule has 0 aliphatic carbocycles. The van der Waals surface area contributed by atoms with Gasteiger partial charge in [-0.1, -0.05) is 12.1 Å². The molecule has 128 valence electrons. The summed E-state index contributed by atoms with van der Waals surface area (Å²) >= 11 is 0. The smallest absolute Gasteiger partial charge is 0.227 e. The monoisotopic (exact) mass is 337 g/mol. The van der Waals surface area contributed by atoms with Gasteiger partial charge < -0.3 is 15.5 Å². The van der Waals surface area contributed by atoms with Gasteiger partial charge in [-0.15, -0.1) is 12.4 Å². The van der Waals surface area contributed by atoms with Crippen LogP contribution in [0.4, 0.5) is 5.69 Å². The number of anilines is 1. The summed E-state index contributed by atoms with van der Waals surface area (Å²) in [6.45, 7) is 5.52. The highest BCUT2D eigenvalue weighted by molar-refractivity contribution is 5.92. The summed E-state index contributed by atoms with van der Waals surface area (Å²) < 4.78 is 0. The number of nitrogens with one attached hydrogen (secondary N) is 2. The molecule has 2 saturated heterocycles. The van der Waals surface area contributed by atoms with Crippen molar-refractivity contribution in [2.45, 2.75) is 32.1 Å². The molecule has 2 N–H and O–H groups in total. The zero-order chi connectivity index (χ0) is 15.2. The van der Waals surface area contributed by atoms with Crippen LogP contribution in [0.25, 0.3) is 0 Å². The quantitative estimate of drug-likeness (QED) is 0.868. The number of carbonyl (C=O) groups excluding carboxylic acids is 1. The summed E-state index contributed by atoms with van der Waals surface area (Å²) in [4.78, 5) is 14.8. The van der Waals surface area contributed by atoms with Crippen LogP contribution in [0.1, 0.15) is 31.2 Å². The topological polar surface area (TPSA) is 44.4 Å². The highest BCUT2D eigenvalue weighted by atomic mass is 35.5. The number of rotatable bonds is 5. The molecular formula is C18H28ClN3O. The molecular weight excluding hydrogens is 310 g/mol. The summed E-state index contributed by atoms with van der Waals surface area (Å²) in [6.07, 6.45) is 5.64. The lowest BCUT2D eigenvalue weighted by molar-refractivity contribution is -0.120. The number of benzene rings is 1. The highest BCUT2D eigenvalue weighted by Gasteiger charge is 2.20. The Balaban J connectivity index is 0.00000192. The first-order chi connectivity index (χ1) is 10.8. The van der Waals surface area contributed by atoms with Crippen LogP contribution in [-0.2, 0) is 11.2 Å². The Bertz CT molecular complexity index is 497. The van der Waals surface area contributed by atoms with E-state index in [4.69, 9.17) is 0 Å². The normalized spacial score (nSPS) is 19.3. The summed E-state index contributed by atoms with van der Waals surface area (Å²) in [7, 11) is 0. The molecule has 0 saturated carbocycles. The Hall–Kier alpha value is -1.10. The van der Waals surface area contributed by atoms with Crippen LogP contribution >= 0.6 is 12.4 Å². The summed E-state index contributed by atoms with van der Waals surface area (Å²) in [5.41, 5.74) is 2.26. The number of amides is 1. The van der Waals surface area contributed by atoms with Gasteiger partial charge in [0.2, 0.25) is 5.91 Å². The van der Waals surface area contributed by atoms with E-state index in [1.54, 1.807) is 0 Å². The van der Waals surface area contributed by atoms with Crippen LogP contribution in [0.2, 0.25) is 0 Å². The van der Waals surface area contributed by atoms with Crippen LogP contribution in [0.3, 0.4) is 0 Å². The molecule has 1 amide bonds. The lowest BCUT2D eigenvalue weighted by Gasteiger charge is -2.22. The van der Waals surface area contributed by atoms with Gasteiger partial charge in [0.25, 0.3) is 0 Å². The maximum absolute atomic E-state index is 12.3. The molecule has 2 fully saturated rings. The van der Waals surface area contributed by atoms with Crippen molar-refractivity contribution in [3.8, 4) is 0 Å². The molecule has 0 unspecified atom stereocenters. The molecule has 2 aliphatic rings. The van der Waals surface area contributed by atoms with E-state index in [9.17, 15) is 4.79 Å². The lowest BCUT2D eigenvalue weighted by Crippen LogP contribution is -2.34. The fourth-order valence-corrected chi connectivity index (χ4v) is 3.43. The fourth-order valence-electron chi connectivity index (χ4n) is 3.43. The minimum absolute atomic E-state index is 0. The van der Waals surface area contributed by atoms with Crippen molar-refractivity contribution < 1.29 is 4.79 Å². The maximum Gasteiger partial charge on any atom is 0.227 e. The average Bonchev–Trinajstić information content (AvgIpc) is 3.08. The van der Waals surface area contributed by atoms with Crippen molar-refractivity contribution in [1.29, 1.82) is 0 Å². The summed E-state index contributed by atoms with van der Waals surface area (Å²) in [5, 5.41) is 6.40. The van der Waals surface area contributed by atoms with Gasteiger partial charge in [-0.25, -0.2) is 0 Å². The number of carbonyl (C=O) groups is 1. The first-order valence-electron chi connectivity index (χ1n) is 8.64. The van der Waals surface area contributed by atoms with Crippen LogP contribution in [-0.4, -0.2) is 43.5 Å². The molecule has 0 bridgehead atoms. The van der Waals surface area contributed by atoms with E-state index in [0.717, 1.165) is 44.6 Å². The Kier molecular flexibility index (Phi) is 7.34. The van der Waals surface area contributed by atoms with E-state index in [1.165, 1.54) is 31.5 Å². The Morgan fingerprint density at radius 1 is 1.22 bits per heavy atom. The highest BCUT2D eigenvalue weighted by Crippen LogP contribution is 2.17. The predicted octanol–water partition coefficient (Wildman–Crippen LogP) is 2.68. The minimum atomic E-state index is 0. The van der Waals surface area contributed by atoms with Crippen molar-refractivity contribution in [3.05, 3.63) is 29.8 Å². The van der Waals surface area contributed by atoms with Gasteiger partial charge in [0.05, 0.1) is 0 Å². The first-order valence-corrected chi connectivity index (χ1v) is 8.64. The maximum atomic E-state index is 12.3. The number of likely N-dealkylation sites (tertiary alicyclic amines) is 1. The van der Waals surface area contributed by atoms with Crippen molar-refractivity contribution in [2.24, 2.45) is 5.92 Å². The van der Waals surface area contributed by atoms with E-state index in [2.05, 4.69) is 33.7 Å². The average molecular weight is 338 g/mol. The first kappa shape index (κ1) is 18.2. The molecule has 2 heterocycles. The van der Waals surface area contributed by atoms with Gasteiger partial charge in [-0.05, 0) is 76.0 Å². The van der Waals surface area contributed by atoms with Gasteiger partial charge in [-0.2, -0.15) is 0 Å². The van der Waals surface area contributed by atoms with Crippen LogP contribution in [0.15, 0.2) is 24.3 Å². The fraction of sp³-hybridized carbons (Fsp3) is 0.611. The molecule has 0 spiro atoms. The number of halogens is 1. The van der Waals surface area contributed by atoms with Crippen molar-refractivity contribution >= 4 is 24.0 Å². The van der Waals surface area contributed by atoms with Crippen LogP contribution in [0, 0.1) is 5.92 Å². The molecule has 4 nitrogen and oxygen atoms in total. The second kappa shape index (κ2) is 9.26. The molecule has 0 radical (unpaired) electrons. The van der Waals surface area contributed by atoms with Gasteiger partial charge in [0, 0.05) is 18.2 Å². The third kappa shape index (κ3) is 5.48. The minimum Gasteiger partial charge on any atom is -0.326 e. The number of piperidine rings is 1. The molecule has 23 heavy (non-hydrogen) atoms. The van der Waals surface area contributed by atoms with E-state index in [0.29, 0.717) is 0 Å². The number of nitrogens with zero attached hydrogens (tertiary/aromatic N) is 1. The third-order valence-corrected chi connectivity index (χ3v) is 4.82. The zero-order valence-electron chi connectivity index (χ0n) is 13.7. The SMILES string of the molecule is Cl.O=C(Nc1cccc(CCN2CCCC2)c1)C1CCNCC1. The van der Waals surface area contributed by atoms with Gasteiger partial charge in [0.1, 0.15) is 0 Å². The molecule has 0 aromatic heterocycles. The number of hydrogen-bond acceptors (Lipinski definition) is 3. The molecule has 2 aliphatic heterocycles. The Morgan fingerprint density at radius 3 is 2.70 bits per heavy atom. The Morgan fingerprint density at radius 2 is 1.96 bits per heavy atom. The summed E-state index contributed by atoms with van der Waals surface area (Å²) in [6, 6.07) is 8.35. The third-order valence-electron chi connectivity index (χ3n) is 4.82. The molecule has 1 aromatic rings. The van der Waals surface area contributed by atoms with Crippen molar-refractivity contribution in [1.82, 2.24) is 10.2 Å². The predicted molar refractivity (Wildman–Crippen MR) is 97.3 cm³/mol. The number of hydrogen-bond donors (Lipinski definition) is 2. The Labute approximate surface area is 145 Å². The van der Waals surface area contributed by atoms with Gasteiger partial charge in [0.15, 0.2) is 0 Å². The van der Waals surface area contributed by atoms with E-state index in [1.807, 2.05) is 6.07 Å². The van der Waals surface area contributed by atoms with E-state index in [-0.39, 0.29) is 24.2 Å². The summed E-state index contributed by atoms with van der Waals surface area (Å²) in [5.74, 6) is 0.340. The van der Waals surface area contributed by atoms with Crippen molar-refractivity contribution in [2.75, 3.05) is 38.0 Å². The van der Waals surface area contributed by atoms with E-state index < -0.39 is 0 Å². The molecule has 0 atom stereocenters. The van der Waals surface area contributed by atoms with Gasteiger partial charge >= 0.3 is 0 Å². The molecule has 3 rings (SSSR count). The van der Waals surface area contributed by atoms with Crippen molar-refractivity contribution in [3.63, 3.8) is 0 Å². The van der Waals surface area contributed by atoms with Crippen LogP contribution in [0.5, 0.6) is 0 Å². The lowest BCUT2D eigenvalue weighted by atomic mass is 9.97. The van der Waals surface area contributed by atoms with E-state index >= 15 is 0 Å². The van der Waals surface area contributed by atoms with Crippen LogP contribution < -0.4 is 10.6 Å². The second-order valence-corrected chi connectivity index (χ2v) is 6.51. The second-order valence-electron chi connectivity index (χ2n) is 6.51.